The topological polar surface area (TPSA) is 57.6 Å². The lowest BCUT2D eigenvalue weighted by Crippen LogP contribution is -2.22. The Kier molecular flexibility index (Phi) is 2.99. The number of hydrogen-bond acceptors (Lipinski definition) is 2. The predicted octanol–water partition coefficient (Wildman–Crippen LogP) is 2.47. The standard InChI is InChI=1S/C16H13NO3/c18-15(19)9-11-5-7-13(8-6-11)17-10-12-3-1-2-4-14(12)16(17)20/h1-8H,9-10H2,(H,18,19). The van der Waals surface area contributed by atoms with Crippen LogP contribution in [0.15, 0.2) is 48.5 Å². The summed E-state index contributed by atoms with van der Waals surface area (Å²) in [6.07, 6.45) is -0.00550. The lowest BCUT2D eigenvalue weighted by atomic mass is 10.1. The number of fused-ring (bicyclic) bond motifs is 1. The highest BCUT2D eigenvalue weighted by Gasteiger charge is 2.27. The van der Waals surface area contributed by atoms with E-state index in [4.69, 9.17) is 5.11 Å². The number of benzene rings is 2. The molecule has 4 heteroatoms. The van der Waals surface area contributed by atoms with E-state index >= 15 is 0 Å². The summed E-state index contributed by atoms with van der Waals surface area (Å²) in [5, 5.41) is 8.74. The zero-order valence-corrected chi connectivity index (χ0v) is 10.7. The fourth-order valence-corrected chi connectivity index (χ4v) is 2.43. The van der Waals surface area contributed by atoms with Gasteiger partial charge in [0.1, 0.15) is 0 Å². The van der Waals surface area contributed by atoms with Gasteiger partial charge in [0, 0.05) is 11.3 Å². The molecule has 0 unspecified atom stereocenters. The molecule has 1 aliphatic heterocycles. The molecule has 0 bridgehead atoms. The molecule has 0 spiro atoms. The van der Waals surface area contributed by atoms with E-state index in [0.29, 0.717) is 6.54 Å². The Bertz CT molecular complexity index is 676. The Morgan fingerprint density at radius 2 is 1.80 bits per heavy atom. The van der Waals surface area contributed by atoms with E-state index in [1.54, 1.807) is 29.2 Å². The highest BCUT2D eigenvalue weighted by molar-refractivity contribution is 6.09. The van der Waals surface area contributed by atoms with E-state index in [0.717, 1.165) is 22.4 Å². The molecule has 20 heavy (non-hydrogen) atoms. The number of anilines is 1. The van der Waals surface area contributed by atoms with Crippen LogP contribution in [-0.2, 0) is 17.8 Å². The summed E-state index contributed by atoms with van der Waals surface area (Å²) >= 11 is 0. The summed E-state index contributed by atoms with van der Waals surface area (Å²) in [5.74, 6) is -0.867. The van der Waals surface area contributed by atoms with Crippen LogP contribution in [-0.4, -0.2) is 17.0 Å². The molecule has 3 rings (SSSR count). The summed E-state index contributed by atoms with van der Waals surface area (Å²) in [4.78, 5) is 24.6. The van der Waals surface area contributed by atoms with Gasteiger partial charge in [0.15, 0.2) is 0 Å². The maximum absolute atomic E-state index is 12.3. The molecule has 1 heterocycles. The maximum atomic E-state index is 12.3. The van der Waals surface area contributed by atoms with E-state index in [-0.39, 0.29) is 12.3 Å². The van der Waals surface area contributed by atoms with E-state index in [2.05, 4.69) is 0 Å². The van der Waals surface area contributed by atoms with E-state index in [1.165, 1.54) is 0 Å². The number of aliphatic carboxylic acids is 1. The van der Waals surface area contributed by atoms with Crippen molar-refractivity contribution in [3.63, 3.8) is 0 Å². The van der Waals surface area contributed by atoms with Crippen LogP contribution < -0.4 is 4.90 Å². The molecule has 4 nitrogen and oxygen atoms in total. The molecule has 1 aliphatic rings. The van der Waals surface area contributed by atoms with Gasteiger partial charge < -0.3 is 10.0 Å². The Balaban J connectivity index is 1.85. The van der Waals surface area contributed by atoms with Crippen LogP contribution in [0.5, 0.6) is 0 Å². The van der Waals surface area contributed by atoms with Crippen LogP contribution in [0.25, 0.3) is 0 Å². The number of carboxylic acids is 1. The van der Waals surface area contributed by atoms with Crippen LogP contribution in [0.4, 0.5) is 5.69 Å². The number of carbonyl (C=O) groups excluding carboxylic acids is 1. The first kappa shape index (κ1) is 12.4. The van der Waals surface area contributed by atoms with Crippen molar-refractivity contribution in [3.05, 3.63) is 65.2 Å². The number of carboxylic acid groups (broad SMARTS) is 1. The Hall–Kier alpha value is -2.62. The van der Waals surface area contributed by atoms with Gasteiger partial charge in [-0.15, -0.1) is 0 Å². The number of amides is 1. The minimum Gasteiger partial charge on any atom is -0.481 e. The third kappa shape index (κ3) is 2.16. The van der Waals surface area contributed by atoms with Crippen LogP contribution >= 0.6 is 0 Å². The molecule has 0 radical (unpaired) electrons. The quantitative estimate of drug-likeness (QED) is 0.929. The SMILES string of the molecule is O=C(O)Cc1ccc(N2Cc3ccccc3C2=O)cc1. The molecule has 0 saturated heterocycles. The van der Waals surface area contributed by atoms with Crippen molar-refractivity contribution in [2.75, 3.05) is 4.90 Å². The fraction of sp³-hybridized carbons (Fsp3) is 0.125. The first-order valence-electron chi connectivity index (χ1n) is 6.35. The minimum atomic E-state index is -0.859. The highest BCUT2D eigenvalue weighted by Crippen LogP contribution is 2.28. The Labute approximate surface area is 116 Å². The third-order valence-corrected chi connectivity index (χ3v) is 3.42. The van der Waals surface area contributed by atoms with Gasteiger partial charge in [-0.3, -0.25) is 9.59 Å². The third-order valence-electron chi connectivity index (χ3n) is 3.42. The van der Waals surface area contributed by atoms with Gasteiger partial charge >= 0.3 is 5.97 Å². The van der Waals surface area contributed by atoms with Crippen molar-refractivity contribution in [2.45, 2.75) is 13.0 Å². The van der Waals surface area contributed by atoms with Gasteiger partial charge in [-0.1, -0.05) is 30.3 Å². The van der Waals surface area contributed by atoms with Gasteiger partial charge in [0.2, 0.25) is 0 Å². The van der Waals surface area contributed by atoms with E-state index in [1.807, 2.05) is 24.3 Å². The van der Waals surface area contributed by atoms with Crippen molar-refractivity contribution >= 4 is 17.6 Å². The van der Waals surface area contributed by atoms with Gasteiger partial charge in [0.25, 0.3) is 5.91 Å². The van der Waals surface area contributed by atoms with E-state index < -0.39 is 5.97 Å². The first-order valence-corrected chi connectivity index (χ1v) is 6.35. The molecule has 0 atom stereocenters. The molecule has 0 aromatic heterocycles. The molecule has 1 amide bonds. The first-order chi connectivity index (χ1) is 9.65. The molecule has 0 aliphatic carbocycles. The average molecular weight is 267 g/mol. The van der Waals surface area contributed by atoms with Crippen LogP contribution in [0, 0.1) is 0 Å². The molecule has 2 aromatic rings. The number of carbonyl (C=O) groups is 2. The van der Waals surface area contributed by atoms with Crippen molar-refractivity contribution in [3.8, 4) is 0 Å². The lowest BCUT2D eigenvalue weighted by molar-refractivity contribution is -0.136. The number of hydrogen-bond donors (Lipinski definition) is 1. The van der Waals surface area contributed by atoms with Crippen molar-refractivity contribution in [2.24, 2.45) is 0 Å². The molecule has 1 N–H and O–H groups in total. The Morgan fingerprint density at radius 1 is 1.10 bits per heavy atom. The summed E-state index contributed by atoms with van der Waals surface area (Å²) in [6, 6.07) is 14.6. The second kappa shape index (κ2) is 4.81. The predicted molar refractivity (Wildman–Crippen MR) is 74.7 cm³/mol. The van der Waals surface area contributed by atoms with Crippen molar-refractivity contribution in [1.82, 2.24) is 0 Å². The summed E-state index contributed by atoms with van der Waals surface area (Å²) in [6.45, 7) is 0.563. The molecular weight excluding hydrogens is 254 g/mol. The molecule has 0 fully saturated rings. The number of nitrogens with zero attached hydrogens (tertiary/aromatic N) is 1. The molecule has 100 valence electrons. The zero-order chi connectivity index (χ0) is 14.1. The lowest BCUT2D eigenvalue weighted by Gasteiger charge is -2.16. The van der Waals surface area contributed by atoms with Gasteiger partial charge in [-0.25, -0.2) is 0 Å². The minimum absolute atomic E-state index is 0.00550. The summed E-state index contributed by atoms with van der Waals surface area (Å²) < 4.78 is 0. The molecule has 2 aromatic carbocycles. The normalized spacial score (nSPS) is 13.4. The second-order valence-corrected chi connectivity index (χ2v) is 4.79. The highest BCUT2D eigenvalue weighted by atomic mass is 16.4. The molecular formula is C16H13NO3. The van der Waals surface area contributed by atoms with Gasteiger partial charge in [0.05, 0.1) is 13.0 Å². The average Bonchev–Trinajstić information content (AvgIpc) is 2.77. The van der Waals surface area contributed by atoms with Crippen molar-refractivity contribution in [1.29, 1.82) is 0 Å². The second-order valence-electron chi connectivity index (χ2n) is 4.79. The van der Waals surface area contributed by atoms with E-state index in [9.17, 15) is 9.59 Å². The summed E-state index contributed by atoms with van der Waals surface area (Å²) in [5.41, 5.74) is 3.28. The van der Waals surface area contributed by atoms with Crippen molar-refractivity contribution < 1.29 is 14.7 Å². The fourth-order valence-electron chi connectivity index (χ4n) is 2.43. The largest absolute Gasteiger partial charge is 0.481 e. The molecule has 0 saturated carbocycles. The van der Waals surface area contributed by atoms with Gasteiger partial charge in [-0.2, -0.15) is 0 Å². The zero-order valence-electron chi connectivity index (χ0n) is 10.7. The van der Waals surface area contributed by atoms with Crippen LogP contribution in [0.1, 0.15) is 21.5 Å². The summed E-state index contributed by atoms with van der Waals surface area (Å²) in [7, 11) is 0. The van der Waals surface area contributed by atoms with Crippen LogP contribution in [0.3, 0.4) is 0 Å². The number of rotatable bonds is 3. The monoisotopic (exact) mass is 267 g/mol. The van der Waals surface area contributed by atoms with Crippen LogP contribution in [0.2, 0.25) is 0 Å². The Morgan fingerprint density at radius 3 is 2.45 bits per heavy atom. The maximum Gasteiger partial charge on any atom is 0.307 e. The van der Waals surface area contributed by atoms with Gasteiger partial charge in [-0.05, 0) is 29.3 Å². The smallest absolute Gasteiger partial charge is 0.307 e.